The number of rotatable bonds is 4. The molecule has 0 aromatic heterocycles. The van der Waals surface area contributed by atoms with Crippen molar-refractivity contribution in [2.24, 2.45) is 11.8 Å². The van der Waals surface area contributed by atoms with E-state index in [9.17, 15) is 9.59 Å². The standard InChI is InChI=1S/C17H23NO3/c1-12-8-13(2)10-18(9-12)17(20)11-21-16-6-4-15(5-7-16)14(3)19/h4-7,12-13H,8-11H2,1-3H3. The van der Waals surface area contributed by atoms with Crippen LogP contribution in [0.1, 0.15) is 37.6 Å². The van der Waals surface area contributed by atoms with Crippen LogP contribution in [0.25, 0.3) is 0 Å². The number of ether oxygens (including phenoxy) is 1. The average Bonchev–Trinajstić information content (AvgIpc) is 2.44. The normalized spacial score (nSPS) is 22.0. The maximum atomic E-state index is 12.2. The number of ketones is 1. The quantitative estimate of drug-likeness (QED) is 0.801. The third-order valence-electron chi connectivity index (χ3n) is 3.84. The molecule has 0 radical (unpaired) electrons. The minimum absolute atomic E-state index is 0.0221. The van der Waals surface area contributed by atoms with Gasteiger partial charge in [0.2, 0.25) is 0 Å². The smallest absolute Gasteiger partial charge is 0.260 e. The lowest BCUT2D eigenvalue weighted by atomic mass is 9.92. The van der Waals surface area contributed by atoms with E-state index in [2.05, 4.69) is 13.8 Å². The van der Waals surface area contributed by atoms with E-state index in [1.54, 1.807) is 24.3 Å². The summed E-state index contributed by atoms with van der Waals surface area (Å²) in [6.45, 7) is 7.57. The second kappa shape index (κ2) is 6.74. The van der Waals surface area contributed by atoms with Crippen molar-refractivity contribution in [1.82, 2.24) is 4.90 Å². The van der Waals surface area contributed by atoms with E-state index in [1.165, 1.54) is 13.3 Å². The number of benzene rings is 1. The molecule has 1 aliphatic rings. The number of nitrogens with zero attached hydrogens (tertiary/aromatic N) is 1. The highest BCUT2D eigenvalue weighted by Crippen LogP contribution is 2.21. The summed E-state index contributed by atoms with van der Waals surface area (Å²) in [6, 6.07) is 6.89. The van der Waals surface area contributed by atoms with Gasteiger partial charge < -0.3 is 9.64 Å². The Morgan fingerprint density at radius 1 is 1.14 bits per heavy atom. The van der Waals surface area contributed by atoms with E-state index in [0.717, 1.165) is 13.1 Å². The van der Waals surface area contributed by atoms with Crippen LogP contribution >= 0.6 is 0 Å². The first-order valence-corrected chi connectivity index (χ1v) is 7.47. The van der Waals surface area contributed by atoms with Crippen molar-refractivity contribution < 1.29 is 14.3 Å². The van der Waals surface area contributed by atoms with Gasteiger partial charge >= 0.3 is 0 Å². The molecule has 0 N–H and O–H groups in total. The van der Waals surface area contributed by atoms with E-state index < -0.39 is 0 Å². The molecule has 0 aliphatic carbocycles. The van der Waals surface area contributed by atoms with Crippen molar-refractivity contribution >= 4 is 11.7 Å². The predicted octanol–water partition coefficient (Wildman–Crippen LogP) is 2.77. The number of amides is 1. The van der Waals surface area contributed by atoms with Gasteiger partial charge in [-0.15, -0.1) is 0 Å². The van der Waals surface area contributed by atoms with Gasteiger partial charge in [-0.2, -0.15) is 0 Å². The molecule has 1 amide bonds. The van der Waals surface area contributed by atoms with Gasteiger partial charge in [0.05, 0.1) is 0 Å². The van der Waals surface area contributed by atoms with E-state index in [-0.39, 0.29) is 18.3 Å². The van der Waals surface area contributed by atoms with Gasteiger partial charge in [0.1, 0.15) is 5.75 Å². The summed E-state index contributed by atoms with van der Waals surface area (Å²) in [4.78, 5) is 25.3. The molecule has 1 fully saturated rings. The van der Waals surface area contributed by atoms with Crippen LogP contribution < -0.4 is 4.74 Å². The number of piperidine rings is 1. The van der Waals surface area contributed by atoms with Crippen LogP contribution in [0, 0.1) is 11.8 Å². The molecule has 1 aromatic carbocycles. The van der Waals surface area contributed by atoms with E-state index >= 15 is 0 Å². The second-order valence-electron chi connectivity index (χ2n) is 6.11. The van der Waals surface area contributed by atoms with Gasteiger partial charge in [-0.3, -0.25) is 9.59 Å². The van der Waals surface area contributed by atoms with Crippen LogP contribution in [0.3, 0.4) is 0 Å². The topological polar surface area (TPSA) is 46.6 Å². The summed E-state index contributed by atoms with van der Waals surface area (Å²) in [5.41, 5.74) is 0.646. The SMILES string of the molecule is CC(=O)c1ccc(OCC(=O)N2CC(C)CC(C)C2)cc1. The zero-order chi connectivity index (χ0) is 15.4. The molecular formula is C17H23NO3. The molecule has 1 heterocycles. The van der Waals surface area contributed by atoms with E-state index in [0.29, 0.717) is 23.1 Å². The Balaban J connectivity index is 1.87. The lowest BCUT2D eigenvalue weighted by Crippen LogP contribution is -2.44. The van der Waals surface area contributed by atoms with Gasteiger partial charge in [0, 0.05) is 18.7 Å². The molecule has 21 heavy (non-hydrogen) atoms. The van der Waals surface area contributed by atoms with Crippen LogP contribution in [0.4, 0.5) is 0 Å². The van der Waals surface area contributed by atoms with Crippen molar-refractivity contribution in [3.63, 3.8) is 0 Å². The number of carbonyl (C=O) groups excluding carboxylic acids is 2. The maximum absolute atomic E-state index is 12.2. The Morgan fingerprint density at radius 2 is 1.71 bits per heavy atom. The van der Waals surface area contributed by atoms with E-state index in [1.807, 2.05) is 4.90 Å². The molecule has 2 rings (SSSR count). The van der Waals surface area contributed by atoms with Crippen molar-refractivity contribution in [3.05, 3.63) is 29.8 Å². The molecule has 4 heteroatoms. The first-order chi connectivity index (χ1) is 9.95. The molecular weight excluding hydrogens is 266 g/mol. The van der Waals surface area contributed by atoms with Crippen LogP contribution in [-0.4, -0.2) is 36.3 Å². The Morgan fingerprint density at radius 3 is 2.24 bits per heavy atom. The van der Waals surface area contributed by atoms with Crippen molar-refractivity contribution in [2.45, 2.75) is 27.2 Å². The summed E-state index contributed by atoms with van der Waals surface area (Å²) >= 11 is 0. The first kappa shape index (κ1) is 15.5. The third-order valence-corrected chi connectivity index (χ3v) is 3.84. The summed E-state index contributed by atoms with van der Waals surface area (Å²) < 4.78 is 5.52. The van der Waals surface area contributed by atoms with Crippen LogP contribution in [0.5, 0.6) is 5.75 Å². The molecule has 0 saturated carbocycles. The minimum atomic E-state index is 0.0221. The van der Waals surface area contributed by atoms with Crippen LogP contribution in [0.2, 0.25) is 0 Å². The third kappa shape index (κ3) is 4.31. The Labute approximate surface area is 126 Å². The summed E-state index contributed by atoms with van der Waals surface area (Å²) in [5, 5.41) is 0. The van der Waals surface area contributed by atoms with E-state index in [4.69, 9.17) is 4.74 Å². The highest BCUT2D eigenvalue weighted by Gasteiger charge is 2.25. The number of carbonyl (C=O) groups is 2. The van der Waals surface area contributed by atoms with Crippen molar-refractivity contribution in [3.8, 4) is 5.75 Å². The van der Waals surface area contributed by atoms with Crippen molar-refractivity contribution in [1.29, 1.82) is 0 Å². The zero-order valence-corrected chi connectivity index (χ0v) is 13.0. The molecule has 4 nitrogen and oxygen atoms in total. The van der Waals surface area contributed by atoms with Gasteiger partial charge in [0.25, 0.3) is 5.91 Å². The summed E-state index contributed by atoms with van der Waals surface area (Å²) in [5.74, 6) is 1.77. The molecule has 1 aromatic rings. The summed E-state index contributed by atoms with van der Waals surface area (Å²) in [6.07, 6.45) is 1.18. The highest BCUT2D eigenvalue weighted by molar-refractivity contribution is 5.94. The van der Waals surface area contributed by atoms with Gasteiger partial charge in [-0.1, -0.05) is 13.8 Å². The lowest BCUT2D eigenvalue weighted by molar-refractivity contribution is -0.136. The second-order valence-corrected chi connectivity index (χ2v) is 6.11. The number of hydrogen-bond acceptors (Lipinski definition) is 3. The Hall–Kier alpha value is -1.84. The van der Waals surface area contributed by atoms with Crippen molar-refractivity contribution in [2.75, 3.05) is 19.7 Å². The maximum Gasteiger partial charge on any atom is 0.260 e. The predicted molar refractivity (Wildman–Crippen MR) is 81.5 cm³/mol. The minimum Gasteiger partial charge on any atom is -0.484 e. The first-order valence-electron chi connectivity index (χ1n) is 7.47. The Bertz CT molecular complexity index is 499. The van der Waals surface area contributed by atoms with Gasteiger partial charge in [-0.05, 0) is 49.4 Å². The molecule has 0 bridgehead atoms. The monoisotopic (exact) mass is 289 g/mol. The van der Waals surface area contributed by atoms with Gasteiger partial charge in [0.15, 0.2) is 12.4 Å². The molecule has 1 saturated heterocycles. The zero-order valence-electron chi connectivity index (χ0n) is 13.0. The largest absolute Gasteiger partial charge is 0.484 e. The molecule has 2 unspecified atom stereocenters. The fraction of sp³-hybridized carbons (Fsp3) is 0.529. The fourth-order valence-electron chi connectivity index (χ4n) is 2.89. The highest BCUT2D eigenvalue weighted by atomic mass is 16.5. The summed E-state index contributed by atoms with van der Waals surface area (Å²) in [7, 11) is 0. The average molecular weight is 289 g/mol. The number of Topliss-reactive ketones (excluding diaryl/α,β-unsaturated/α-hetero) is 1. The molecule has 2 atom stereocenters. The molecule has 0 spiro atoms. The lowest BCUT2D eigenvalue weighted by Gasteiger charge is -2.34. The van der Waals surface area contributed by atoms with Crippen LogP contribution in [-0.2, 0) is 4.79 Å². The molecule has 114 valence electrons. The Kier molecular flexibility index (Phi) is 4.99. The number of hydrogen-bond donors (Lipinski definition) is 0. The fourth-order valence-corrected chi connectivity index (χ4v) is 2.89. The number of likely N-dealkylation sites (tertiary alicyclic amines) is 1. The van der Waals surface area contributed by atoms with Crippen LogP contribution in [0.15, 0.2) is 24.3 Å². The van der Waals surface area contributed by atoms with Gasteiger partial charge in [-0.25, -0.2) is 0 Å². The molecule has 1 aliphatic heterocycles.